The molecule has 100 valence electrons. The van der Waals surface area contributed by atoms with Gasteiger partial charge in [-0.2, -0.15) is 0 Å². The van der Waals surface area contributed by atoms with E-state index in [1.165, 1.54) is 10.7 Å². The van der Waals surface area contributed by atoms with E-state index in [0.717, 1.165) is 0 Å². The monoisotopic (exact) mass is 269 g/mol. The third kappa shape index (κ3) is 1.78. The fourth-order valence-electron chi connectivity index (χ4n) is 2.12. The Kier molecular flexibility index (Phi) is 2.83. The molecule has 3 aromatic rings. The number of para-hydroxylation sites is 3. The van der Waals surface area contributed by atoms with Crippen LogP contribution in [0.1, 0.15) is 10.4 Å². The second kappa shape index (κ2) is 4.65. The minimum Gasteiger partial charge on any atom is -0.494 e. The number of aromatic nitrogens is 3. The first-order valence-corrected chi connectivity index (χ1v) is 5.93. The summed E-state index contributed by atoms with van der Waals surface area (Å²) < 4.78 is 6.77. The Morgan fingerprint density at radius 1 is 1.20 bits per heavy atom. The van der Waals surface area contributed by atoms with Crippen LogP contribution < -0.4 is 4.74 Å². The lowest BCUT2D eigenvalue weighted by Crippen LogP contribution is -2.04. The molecule has 1 heterocycles. The number of ether oxygens (including phenoxy) is 1. The van der Waals surface area contributed by atoms with Gasteiger partial charge in [-0.15, -0.1) is 5.10 Å². The summed E-state index contributed by atoms with van der Waals surface area (Å²) in [6.07, 6.45) is 0. The molecule has 3 rings (SSSR count). The highest BCUT2D eigenvalue weighted by Gasteiger charge is 2.17. The van der Waals surface area contributed by atoms with E-state index in [0.29, 0.717) is 22.5 Å². The van der Waals surface area contributed by atoms with Crippen molar-refractivity contribution in [2.24, 2.45) is 0 Å². The fourth-order valence-corrected chi connectivity index (χ4v) is 2.12. The number of carbonyl (C=O) groups is 1. The maximum Gasteiger partial charge on any atom is 0.337 e. The highest BCUT2D eigenvalue weighted by Crippen LogP contribution is 2.26. The van der Waals surface area contributed by atoms with Crippen molar-refractivity contribution >= 4 is 17.0 Å². The van der Waals surface area contributed by atoms with Gasteiger partial charge in [0.05, 0.1) is 12.7 Å². The number of nitrogens with zero attached hydrogens (tertiary/aromatic N) is 3. The van der Waals surface area contributed by atoms with E-state index < -0.39 is 5.97 Å². The summed E-state index contributed by atoms with van der Waals surface area (Å²) in [4.78, 5) is 11.4. The van der Waals surface area contributed by atoms with Crippen molar-refractivity contribution < 1.29 is 14.6 Å². The Labute approximate surface area is 114 Å². The predicted molar refractivity (Wildman–Crippen MR) is 72.4 cm³/mol. The zero-order chi connectivity index (χ0) is 14.1. The van der Waals surface area contributed by atoms with Crippen molar-refractivity contribution in [3.05, 3.63) is 48.0 Å². The van der Waals surface area contributed by atoms with Crippen LogP contribution in [0, 0.1) is 0 Å². The van der Waals surface area contributed by atoms with Gasteiger partial charge >= 0.3 is 5.97 Å². The van der Waals surface area contributed by atoms with Crippen molar-refractivity contribution in [3.63, 3.8) is 0 Å². The lowest BCUT2D eigenvalue weighted by Gasteiger charge is -2.09. The molecular formula is C14H11N3O3. The van der Waals surface area contributed by atoms with Crippen molar-refractivity contribution in [3.8, 4) is 11.4 Å². The normalized spacial score (nSPS) is 10.7. The number of carboxylic acid groups (broad SMARTS) is 1. The molecule has 0 aliphatic rings. The highest BCUT2D eigenvalue weighted by atomic mass is 16.5. The molecule has 0 spiro atoms. The second-order valence-electron chi connectivity index (χ2n) is 4.15. The van der Waals surface area contributed by atoms with Crippen LogP contribution in [-0.4, -0.2) is 33.2 Å². The Morgan fingerprint density at radius 3 is 2.75 bits per heavy atom. The van der Waals surface area contributed by atoms with E-state index in [9.17, 15) is 9.90 Å². The number of carboxylic acids is 1. The van der Waals surface area contributed by atoms with Crippen LogP contribution in [0.3, 0.4) is 0 Å². The molecule has 0 radical (unpaired) electrons. The maximum absolute atomic E-state index is 11.4. The van der Waals surface area contributed by atoms with E-state index in [-0.39, 0.29) is 5.56 Å². The van der Waals surface area contributed by atoms with Gasteiger partial charge in [0.1, 0.15) is 22.5 Å². The van der Waals surface area contributed by atoms with Gasteiger partial charge in [-0.05, 0) is 24.3 Å². The largest absolute Gasteiger partial charge is 0.494 e. The Bertz CT molecular complexity index is 795. The lowest BCUT2D eigenvalue weighted by molar-refractivity contribution is 0.0698. The standard InChI is InChI=1S/C14H11N3O3/c1-20-12-8-3-2-7-11(12)17-13-9(14(18)19)5-4-6-10(13)15-16-17/h2-8H,1H3,(H,18,19). The molecule has 0 fully saturated rings. The van der Waals surface area contributed by atoms with Gasteiger partial charge in [0.25, 0.3) is 0 Å². The minimum absolute atomic E-state index is 0.151. The first-order chi connectivity index (χ1) is 9.72. The summed E-state index contributed by atoms with van der Waals surface area (Å²) in [6, 6.07) is 12.1. The van der Waals surface area contributed by atoms with E-state index in [2.05, 4.69) is 10.3 Å². The zero-order valence-electron chi connectivity index (χ0n) is 10.6. The van der Waals surface area contributed by atoms with Crippen molar-refractivity contribution in [2.45, 2.75) is 0 Å². The summed E-state index contributed by atoms with van der Waals surface area (Å²) in [7, 11) is 1.55. The van der Waals surface area contributed by atoms with Gasteiger partial charge in [0.2, 0.25) is 0 Å². The van der Waals surface area contributed by atoms with Gasteiger partial charge < -0.3 is 9.84 Å². The number of rotatable bonds is 3. The molecule has 0 saturated heterocycles. The quantitative estimate of drug-likeness (QED) is 0.788. The number of methoxy groups -OCH3 is 1. The highest BCUT2D eigenvalue weighted by molar-refractivity contribution is 6.01. The summed E-state index contributed by atoms with van der Waals surface area (Å²) in [5, 5.41) is 17.3. The summed E-state index contributed by atoms with van der Waals surface area (Å²) in [5.74, 6) is -0.423. The van der Waals surface area contributed by atoms with Gasteiger partial charge in [-0.3, -0.25) is 0 Å². The number of aromatic carboxylic acids is 1. The first kappa shape index (κ1) is 12.2. The minimum atomic E-state index is -1.02. The van der Waals surface area contributed by atoms with Crippen LogP contribution in [0.25, 0.3) is 16.7 Å². The average Bonchev–Trinajstić information content (AvgIpc) is 2.90. The smallest absolute Gasteiger partial charge is 0.337 e. The van der Waals surface area contributed by atoms with E-state index in [4.69, 9.17) is 4.74 Å². The van der Waals surface area contributed by atoms with E-state index in [1.807, 2.05) is 12.1 Å². The van der Waals surface area contributed by atoms with Gasteiger partial charge in [-0.1, -0.05) is 23.4 Å². The second-order valence-corrected chi connectivity index (χ2v) is 4.15. The van der Waals surface area contributed by atoms with Crippen LogP contribution in [0.4, 0.5) is 0 Å². The fraction of sp³-hybridized carbons (Fsp3) is 0.0714. The molecule has 2 aromatic carbocycles. The van der Waals surface area contributed by atoms with E-state index >= 15 is 0 Å². The molecule has 0 unspecified atom stereocenters. The van der Waals surface area contributed by atoms with Gasteiger partial charge in [-0.25, -0.2) is 9.48 Å². The maximum atomic E-state index is 11.4. The average molecular weight is 269 g/mol. The Hall–Kier alpha value is -2.89. The number of hydrogen-bond acceptors (Lipinski definition) is 4. The molecule has 0 atom stereocenters. The lowest BCUT2D eigenvalue weighted by atomic mass is 10.1. The molecule has 0 aliphatic heterocycles. The molecule has 0 saturated carbocycles. The molecule has 1 N–H and O–H groups in total. The Morgan fingerprint density at radius 2 is 2.00 bits per heavy atom. The van der Waals surface area contributed by atoms with Gasteiger partial charge in [0, 0.05) is 0 Å². The predicted octanol–water partition coefficient (Wildman–Crippen LogP) is 2.13. The van der Waals surface area contributed by atoms with Crippen LogP contribution in [0.5, 0.6) is 5.75 Å². The molecule has 0 aliphatic carbocycles. The summed E-state index contributed by atoms with van der Waals surface area (Å²) >= 11 is 0. The van der Waals surface area contributed by atoms with Crippen molar-refractivity contribution in [2.75, 3.05) is 7.11 Å². The van der Waals surface area contributed by atoms with Crippen LogP contribution in [0.2, 0.25) is 0 Å². The van der Waals surface area contributed by atoms with Crippen LogP contribution in [-0.2, 0) is 0 Å². The number of hydrogen-bond donors (Lipinski definition) is 1. The summed E-state index contributed by atoms with van der Waals surface area (Å²) in [6.45, 7) is 0. The number of fused-ring (bicyclic) bond motifs is 1. The third-order valence-corrected chi connectivity index (χ3v) is 3.01. The third-order valence-electron chi connectivity index (χ3n) is 3.01. The zero-order valence-corrected chi connectivity index (χ0v) is 10.6. The molecule has 0 bridgehead atoms. The van der Waals surface area contributed by atoms with E-state index in [1.54, 1.807) is 31.4 Å². The Balaban J connectivity index is 2.35. The molecule has 1 aromatic heterocycles. The van der Waals surface area contributed by atoms with Crippen LogP contribution >= 0.6 is 0 Å². The number of benzene rings is 2. The topological polar surface area (TPSA) is 77.2 Å². The SMILES string of the molecule is COc1ccccc1-n1nnc2cccc(C(=O)O)c21. The molecular weight excluding hydrogens is 258 g/mol. The molecule has 6 nitrogen and oxygen atoms in total. The molecule has 20 heavy (non-hydrogen) atoms. The van der Waals surface area contributed by atoms with Crippen molar-refractivity contribution in [1.82, 2.24) is 15.0 Å². The summed E-state index contributed by atoms with van der Waals surface area (Å²) in [5.41, 5.74) is 1.77. The van der Waals surface area contributed by atoms with Gasteiger partial charge in [0.15, 0.2) is 0 Å². The molecule has 0 amide bonds. The van der Waals surface area contributed by atoms with Crippen molar-refractivity contribution in [1.29, 1.82) is 0 Å². The first-order valence-electron chi connectivity index (χ1n) is 5.93. The molecule has 6 heteroatoms. The van der Waals surface area contributed by atoms with Crippen LogP contribution in [0.15, 0.2) is 42.5 Å².